The Kier molecular flexibility index (Phi) is 7.58. The summed E-state index contributed by atoms with van der Waals surface area (Å²) in [6, 6.07) is 2.35. The fourth-order valence-electron chi connectivity index (χ4n) is 5.60. The third-order valence-corrected chi connectivity index (χ3v) is 8.22. The molecule has 2 saturated heterocycles. The third-order valence-electron chi connectivity index (χ3n) is 7.48. The van der Waals surface area contributed by atoms with Crippen LogP contribution in [0, 0.1) is 12.8 Å². The molecule has 6 heterocycles. The summed E-state index contributed by atoms with van der Waals surface area (Å²) in [5.41, 5.74) is 4.47. The highest BCUT2D eigenvalue weighted by Gasteiger charge is 2.19. The number of hydrogen-bond acceptors (Lipinski definition) is 9. The van der Waals surface area contributed by atoms with Crippen molar-refractivity contribution in [2.45, 2.75) is 58.7 Å². The number of nitrogens with zero attached hydrogens (tertiary/aromatic N) is 7. The van der Waals surface area contributed by atoms with E-state index in [2.05, 4.69) is 48.3 Å². The van der Waals surface area contributed by atoms with Crippen molar-refractivity contribution in [1.29, 1.82) is 0 Å². The van der Waals surface area contributed by atoms with Gasteiger partial charge in [-0.2, -0.15) is 9.47 Å². The van der Waals surface area contributed by atoms with E-state index in [0.717, 1.165) is 84.8 Å². The van der Waals surface area contributed by atoms with Crippen LogP contribution in [-0.2, 0) is 17.9 Å². The molecular formula is C27H36N10OS. The van der Waals surface area contributed by atoms with E-state index < -0.39 is 0 Å². The van der Waals surface area contributed by atoms with Crippen molar-refractivity contribution in [2.75, 3.05) is 31.5 Å². The molecule has 2 fully saturated rings. The molecule has 0 radical (unpaired) electrons. The van der Waals surface area contributed by atoms with Gasteiger partial charge < -0.3 is 16.0 Å². The lowest BCUT2D eigenvalue weighted by atomic mass is 10.0. The summed E-state index contributed by atoms with van der Waals surface area (Å²) >= 11 is 1.45. The molecule has 12 heteroatoms. The van der Waals surface area contributed by atoms with Crippen molar-refractivity contribution in [2.24, 2.45) is 5.92 Å². The van der Waals surface area contributed by atoms with Gasteiger partial charge in [-0.25, -0.2) is 9.97 Å². The van der Waals surface area contributed by atoms with Gasteiger partial charge in [0.05, 0.1) is 29.5 Å². The first-order valence-corrected chi connectivity index (χ1v) is 14.6. The Bertz CT molecular complexity index is 1440. The average molecular weight is 549 g/mol. The Balaban J connectivity index is 1.15. The molecule has 11 nitrogen and oxygen atoms in total. The molecule has 2 aliphatic rings. The Hall–Kier alpha value is -3.35. The van der Waals surface area contributed by atoms with Crippen molar-refractivity contribution in [3.63, 3.8) is 0 Å². The number of carbonyl (C=O) groups excluding carboxylic acids is 1. The summed E-state index contributed by atoms with van der Waals surface area (Å²) in [6.07, 6.45) is 12.0. The van der Waals surface area contributed by atoms with Crippen molar-refractivity contribution in [3.05, 3.63) is 42.2 Å². The lowest BCUT2D eigenvalue weighted by Crippen LogP contribution is -2.43. The van der Waals surface area contributed by atoms with Gasteiger partial charge >= 0.3 is 0 Å². The fraction of sp³-hybridized carbons (Fsp3) is 0.519. The summed E-state index contributed by atoms with van der Waals surface area (Å²) in [4.78, 5) is 24.5. The van der Waals surface area contributed by atoms with Gasteiger partial charge in [0.1, 0.15) is 11.5 Å². The number of likely N-dealkylation sites (tertiary alicyclic amines) is 1. The van der Waals surface area contributed by atoms with Crippen molar-refractivity contribution >= 4 is 33.9 Å². The van der Waals surface area contributed by atoms with Crippen LogP contribution in [0.2, 0.25) is 0 Å². The molecule has 0 aromatic carbocycles. The number of carbonyl (C=O) groups is 1. The van der Waals surface area contributed by atoms with Gasteiger partial charge in [0.25, 0.3) is 0 Å². The number of nitrogens with one attached hydrogen (secondary N) is 3. The molecule has 0 bridgehead atoms. The molecule has 2 aliphatic heterocycles. The van der Waals surface area contributed by atoms with E-state index in [1.54, 1.807) is 10.9 Å². The predicted octanol–water partition coefficient (Wildman–Crippen LogP) is 3.20. The quantitative estimate of drug-likeness (QED) is 0.307. The molecule has 0 saturated carbocycles. The van der Waals surface area contributed by atoms with Crippen LogP contribution < -0.4 is 16.0 Å². The van der Waals surface area contributed by atoms with Gasteiger partial charge in [0.15, 0.2) is 11.5 Å². The van der Waals surface area contributed by atoms with Gasteiger partial charge in [-0.05, 0) is 75.8 Å². The highest BCUT2D eigenvalue weighted by atomic mass is 32.1. The number of aryl methyl sites for hydroxylation is 1. The van der Waals surface area contributed by atoms with Crippen LogP contribution in [0.1, 0.15) is 44.0 Å². The summed E-state index contributed by atoms with van der Waals surface area (Å²) in [5.74, 6) is 1.43. The third kappa shape index (κ3) is 6.13. The molecule has 0 aliphatic carbocycles. The monoisotopic (exact) mass is 548 g/mol. The first-order chi connectivity index (χ1) is 19.0. The van der Waals surface area contributed by atoms with E-state index >= 15 is 0 Å². The van der Waals surface area contributed by atoms with Crippen molar-refractivity contribution < 1.29 is 4.79 Å². The highest BCUT2D eigenvalue weighted by molar-refractivity contribution is 7.10. The number of amides is 1. The smallest absolute Gasteiger partial charge is 0.241 e. The molecule has 1 amide bonds. The maximum absolute atomic E-state index is 12.5. The summed E-state index contributed by atoms with van der Waals surface area (Å²) < 4.78 is 8.39. The fourth-order valence-corrected chi connectivity index (χ4v) is 6.25. The first-order valence-electron chi connectivity index (χ1n) is 13.8. The van der Waals surface area contributed by atoms with E-state index in [-0.39, 0.29) is 18.5 Å². The van der Waals surface area contributed by atoms with Gasteiger partial charge in [-0.3, -0.25) is 18.8 Å². The maximum atomic E-state index is 12.5. The first kappa shape index (κ1) is 25.9. The van der Waals surface area contributed by atoms with Gasteiger partial charge in [0, 0.05) is 37.1 Å². The van der Waals surface area contributed by atoms with Gasteiger partial charge in [-0.15, -0.1) is 0 Å². The molecule has 1 unspecified atom stereocenters. The average Bonchev–Trinajstić information content (AvgIpc) is 3.65. The van der Waals surface area contributed by atoms with Crippen molar-refractivity contribution in [3.8, 4) is 11.3 Å². The second-order valence-electron chi connectivity index (χ2n) is 10.9. The van der Waals surface area contributed by atoms with Crippen molar-refractivity contribution in [1.82, 2.24) is 44.1 Å². The number of hydrogen-bond donors (Lipinski definition) is 3. The molecule has 3 N–H and O–H groups in total. The molecule has 4 aromatic heterocycles. The minimum absolute atomic E-state index is 0.0139. The van der Waals surface area contributed by atoms with Crippen LogP contribution in [0.3, 0.4) is 0 Å². The van der Waals surface area contributed by atoms with Crippen LogP contribution in [0.5, 0.6) is 0 Å². The van der Waals surface area contributed by atoms with E-state index in [1.807, 2.05) is 29.9 Å². The van der Waals surface area contributed by atoms with Crippen LogP contribution in [0.15, 0.2) is 30.9 Å². The second kappa shape index (κ2) is 11.4. The second-order valence-corrected chi connectivity index (χ2v) is 11.7. The Morgan fingerprint density at radius 3 is 2.92 bits per heavy atom. The zero-order valence-electron chi connectivity index (χ0n) is 22.6. The number of rotatable bonds is 8. The van der Waals surface area contributed by atoms with Crippen LogP contribution in [-0.4, -0.2) is 71.6 Å². The van der Waals surface area contributed by atoms with Crippen LogP contribution >= 0.6 is 11.5 Å². The van der Waals surface area contributed by atoms with E-state index in [9.17, 15) is 4.79 Å². The predicted molar refractivity (Wildman–Crippen MR) is 152 cm³/mol. The van der Waals surface area contributed by atoms with Gasteiger partial charge in [-0.1, -0.05) is 6.92 Å². The number of piperidine rings is 2. The number of fused-ring (bicyclic) bond motifs is 1. The normalized spacial score (nSPS) is 19.0. The molecule has 1 atom stereocenters. The van der Waals surface area contributed by atoms with E-state index in [0.29, 0.717) is 5.82 Å². The number of anilines is 2. The zero-order valence-corrected chi connectivity index (χ0v) is 23.4. The molecular weight excluding hydrogens is 512 g/mol. The van der Waals surface area contributed by atoms with Crippen LogP contribution in [0.4, 0.5) is 10.8 Å². The minimum Gasteiger partial charge on any atom is -0.352 e. The molecule has 4 aromatic rings. The Labute approximate surface area is 232 Å². The molecule has 0 spiro atoms. The minimum atomic E-state index is -0.0139. The largest absolute Gasteiger partial charge is 0.352 e. The van der Waals surface area contributed by atoms with Crippen LogP contribution in [0.25, 0.3) is 16.9 Å². The lowest BCUT2D eigenvalue weighted by Gasteiger charge is -2.30. The topological polar surface area (TPSA) is 117 Å². The number of aromatic nitrogens is 6. The van der Waals surface area contributed by atoms with Gasteiger partial charge in [0.2, 0.25) is 5.91 Å². The summed E-state index contributed by atoms with van der Waals surface area (Å²) in [7, 11) is 0. The summed E-state index contributed by atoms with van der Waals surface area (Å²) in [6.45, 7) is 9.53. The zero-order chi connectivity index (χ0) is 26.8. The SMILES string of the molecule is Cc1cn2c(-c3cnn(CC(=O)NC4CCNCC4)c3)cnc2c(Nc2cc(CN3CCCC(C)C3)ns2)n1. The highest BCUT2D eigenvalue weighted by Crippen LogP contribution is 2.28. The number of imidazole rings is 1. The Morgan fingerprint density at radius 1 is 1.21 bits per heavy atom. The molecule has 6 rings (SSSR count). The molecule has 39 heavy (non-hydrogen) atoms. The van der Waals surface area contributed by atoms with E-state index in [1.165, 1.54) is 24.4 Å². The maximum Gasteiger partial charge on any atom is 0.241 e. The molecule has 206 valence electrons. The Morgan fingerprint density at radius 2 is 2.08 bits per heavy atom. The summed E-state index contributed by atoms with van der Waals surface area (Å²) in [5, 5.41) is 15.3. The van der Waals surface area contributed by atoms with E-state index in [4.69, 9.17) is 4.98 Å². The standard InChI is InChI=1S/C27H36N10OS/c1-18-4-3-9-35(13-18)16-22-10-25(39-34-22)33-26-27-29-12-23(37(27)14-19(2)31-26)20-11-30-36(15-20)17-24(38)32-21-5-7-28-8-6-21/h10-12,14-15,18,21,28H,3-9,13,16-17H2,1-2H3,(H,31,33)(H,32,38). The lowest BCUT2D eigenvalue weighted by molar-refractivity contribution is -0.122.